The van der Waals surface area contributed by atoms with E-state index >= 15 is 0 Å². The maximum absolute atomic E-state index is 6.00. The zero-order valence-corrected chi connectivity index (χ0v) is 15.2. The highest BCUT2D eigenvalue weighted by molar-refractivity contribution is 9.10. The Labute approximate surface area is 142 Å². The maximum Gasteiger partial charge on any atom is 0.130 e. The lowest BCUT2D eigenvalue weighted by Crippen LogP contribution is -2.18. The fourth-order valence-electron chi connectivity index (χ4n) is 2.14. The van der Waals surface area contributed by atoms with Crippen molar-refractivity contribution in [1.82, 2.24) is 4.98 Å². The average Bonchev–Trinajstić information content (AvgIpc) is 2.39. The Morgan fingerprint density at radius 1 is 1.24 bits per heavy atom. The van der Waals surface area contributed by atoms with Gasteiger partial charge >= 0.3 is 0 Å². The lowest BCUT2D eigenvalue weighted by atomic mass is 10.0. The Hall–Kier alpha value is -0.910. The normalized spacial score (nSPS) is 12.2. The summed E-state index contributed by atoms with van der Waals surface area (Å²) in [6.07, 6.45) is 2.55. The molecule has 0 bridgehead atoms. The first-order valence-corrected chi connectivity index (χ1v) is 8.32. The van der Waals surface area contributed by atoms with E-state index in [1.807, 2.05) is 26.0 Å². The van der Waals surface area contributed by atoms with E-state index in [1.54, 1.807) is 6.20 Å². The summed E-state index contributed by atoms with van der Waals surface area (Å²) in [6, 6.07) is 8.12. The molecule has 0 aliphatic heterocycles. The molecule has 0 saturated heterocycles. The first-order chi connectivity index (χ1) is 9.95. The van der Waals surface area contributed by atoms with Crippen LogP contribution in [0, 0.1) is 6.92 Å². The minimum Gasteiger partial charge on any atom is -0.487 e. The molecule has 0 saturated carbocycles. The van der Waals surface area contributed by atoms with Gasteiger partial charge in [0.05, 0.1) is 5.69 Å². The third-order valence-electron chi connectivity index (χ3n) is 3.01. The van der Waals surface area contributed by atoms with Crippen molar-refractivity contribution in [1.29, 1.82) is 0 Å². The molecule has 2 aromatic rings. The van der Waals surface area contributed by atoms with Crippen LogP contribution < -0.4 is 10.5 Å². The third kappa shape index (κ3) is 4.80. The van der Waals surface area contributed by atoms with Crippen LogP contribution in [0.3, 0.4) is 0 Å². The van der Waals surface area contributed by atoms with Gasteiger partial charge in [0.15, 0.2) is 0 Å². The van der Waals surface area contributed by atoms with E-state index in [2.05, 4.69) is 49.0 Å². The third-order valence-corrected chi connectivity index (χ3v) is 3.94. The molecule has 1 heterocycles. The highest BCUT2D eigenvalue weighted by Crippen LogP contribution is 2.29. The molecule has 1 atom stereocenters. The van der Waals surface area contributed by atoms with E-state index in [0.717, 1.165) is 37.9 Å². The van der Waals surface area contributed by atoms with Gasteiger partial charge in [0.1, 0.15) is 12.4 Å². The molecule has 2 rings (SSSR count). The summed E-state index contributed by atoms with van der Waals surface area (Å²) in [6.45, 7) is 4.48. The van der Waals surface area contributed by atoms with Crippen molar-refractivity contribution in [3.63, 3.8) is 0 Å². The molecule has 5 heteroatoms. The van der Waals surface area contributed by atoms with Crippen molar-refractivity contribution in [3.8, 4) is 5.75 Å². The van der Waals surface area contributed by atoms with Gasteiger partial charge in [-0.2, -0.15) is 0 Å². The van der Waals surface area contributed by atoms with E-state index in [0.29, 0.717) is 6.61 Å². The van der Waals surface area contributed by atoms with Crippen molar-refractivity contribution in [2.45, 2.75) is 32.9 Å². The number of aryl methyl sites for hydroxylation is 1. The lowest BCUT2D eigenvalue weighted by molar-refractivity contribution is 0.295. The van der Waals surface area contributed by atoms with Gasteiger partial charge in [-0.25, -0.2) is 0 Å². The van der Waals surface area contributed by atoms with Crippen molar-refractivity contribution >= 4 is 31.9 Å². The minimum absolute atomic E-state index is 0.0897. The molecular formula is C16H18Br2N2O. The van der Waals surface area contributed by atoms with E-state index in [1.165, 1.54) is 0 Å². The standard InChI is InChI=1S/C16H18Br2N2O/c1-10-5-14(18)7-12(6-11(2)19)16(10)21-9-15-4-3-13(17)8-20-15/h3-5,7-8,11H,6,9,19H2,1-2H3. The molecule has 0 aliphatic rings. The molecule has 2 N–H and O–H groups in total. The molecule has 0 spiro atoms. The number of aromatic nitrogens is 1. The molecule has 1 aromatic heterocycles. The van der Waals surface area contributed by atoms with E-state index in [-0.39, 0.29) is 6.04 Å². The average molecular weight is 414 g/mol. The molecule has 0 aliphatic carbocycles. The van der Waals surface area contributed by atoms with E-state index in [9.17, 15) is 0 Å². The maximum atomic E-state index is 6.00. The smallest absolute Gasteiger partial charge is 0.130 e. The molecule has 112 valence electrons. The number of ether oxygens (including phenoxy) is 1. The zero-order valence-electron chi connectivity index (χ0n) is 12.1. The topological polar surface area (TPSA) is 48.1 Å². The number of pyridine rings is 1. The summed E-state index contributed by atoms with van der Waals surface area (Å²) in [5.74, 6) is 0.903. The fraction of sp³-hybridized carbons (Fsp3) is 0.312. The highest BCUT2D eigenvalue weighted by Gasteiger charge is 2.11. The molecule has 1 aromatic carbocycles. The van der Waals surface area contributed by atoms with Gasteiger partial charge in [0.2, 0.25) is 0 Å². The number of rotatable bonds is 5. The Bertz CT molecular complexity index is 612. The Morgan fingerprint density at radius 2 is 2.00 bits per heavy atom. The molecule has 3 nitrogen and oxygen atoms in total. The van der Waals surface area contributed by atoms with E-state index < -0.39 is 0 Å². The Kier molecular flexibility index (Phi) is 5.79. The number of halogens is 2. The van der Waals surface area contributed by atoms with Crippen LogP contribution in [0.15, 0.2) is 39.4 Å². The van der Waals surface area contributed by atoms with Gasteiger partial charge < -0.3 is 10.5 Å². The van der Waals surface area contributed by atoms with Crippen LogP contribution >= 0.6 is 31.9 Å². The zero-order chi connectivity index (χ0) is 15.4. The summed E-state index contributed by atoms with van der Waals surface area (Å²) in [7, 11) is 0. The molecule has 1 unspecified atom stereocenters. The summed E-state index contributed by atoms with van der Waals surface area (Å²) in [5.41, 5.74) is 9.04. The van der Waals surface area contributed by atoms with Crippen LogP contribution in [0.25, 0.3) is 0 Å². The lowest BCUT2D eigenvalue weighted by Gasteiger charge is -2.16. The second-order valence-corrected chi connectivity index (χ2v) is 6.98. The summed E-state index contributed by atoms with van der Waals surface area (Å²) < 4.78 is 8.00. The van der Waals surface area contributed by atoms with Crippen LogP contribution in [0.2, 0.25) is 0 Å². The van der Waals surface area contributed by atoms with Crippen molar-refractivity contribution in [3.05, 3.63) is 56.2 Å². The largest absolute Gasteiger partial charge is 0.487 e. The van der Waals surface area contributed by atoms with E-state index in [4.69, 9.17) is 10.5 Å². The van der Waals surface area contributed by atoms with Gasteiger partial charge in [-0.3, -0.25) is 4.98 Å². The van der Waals surface area contributed by atoms with Crippen LogP contribution in [0.5, 0.6) is 5.75 Å². The molecule has 0 fully saturated rings. The Morgan fingerprint density at radius 3 is 2.62 bits per heavy atom. The number of benzene rings is 1. The van der Waals surface area contributed by atoms with Crippen LogP contribution in [0.4, 0.5) is 0 Å². The van der Waals surface area contributed by atoms with Crippen LogP contribution in [-0.4, -0.2) is 11.0 Å². The highest BCUT2D eigenvalue weighted by atomic mass is 79.9. The number of hydrogen-bond donors (Lipinski definition) is 1. The van der Waals surface area contributed by atoms with Gasteiger partial charge in [0.25, 0.3) is 0 Å². The first kappa shape index (κ1) is 16.5. The van der Waals surface area contributed by atoms with Gasteiger partial charge in [0, 0.05) is 21.2 Å². The Balaban J connectivity index is 2.19. The van der Waals surface area contributed by atoms with Crippen LogP contribution in [-0.2, 0) is 13.0 Å². The second kappa shape index (κ2) is 7.38. The summed E-state index contributed by atoms with van der Waals surface area (Å²) in [4.78, 5) is 4.33. The molecule has 21 heavy (non-hydrogen) atoms. The van der Waals surface area contributed by atoms with Gasteiger partial charge in [-0.05, 0) is 71.6 Å². The van der Waals surface area contributed by atoms with Crippen LogP contribution in [0.1, 0.15) is 23.7 Å². The molecule has 0 amide bonds. The molecule has 0 radical (unpaired) electrons. The fourth-order valence-corrected chi connectivity index (χ4v) is 3.00. The van der Waals surface area contributed by atoms with Crippen molar-refractivity contribution < 1.29 is 4.74 Å². The SMILES string of the molecule is Cc1cc(Br)cc(CC(C)N)c1OCc1ccc(Br)cn1. The number of hydrogen-bond acceptors (Lipinski definition) is 3. The van der Waals surface area contributed by atoms with Gasteiger partial charge in [-0.15, -0.1) is 0 Å². The predicted octanol–water partition coefficient (Wildman–Crippen LogP) is 4.38. The first-order valence-electron chi connectivity index (χ1n) is 6.73. The second-order valence-electron chi connectivity index (χ2n) is 5.15. The van der Waals surface area contributed by atoms with Crippen molar-refractivity contribution in [2.75, 3.05) is 0 Å². The van der Waals surface area contributed by atoms with Crippen molar-refractivity contribution in [2.24, 2.45) is 5.73 Å². The molecular weight excluding hydrogens is 396 g/mol. The monoisotopic (exact) mass is 412 g/mol. The minimum atomic E-state index is 0.0897. The summed E-state index contributed by atoms with van der Waals surface area (Å²) >= 11 is 6.90. The van der Waals surface area contributed by atoms with Gasteiger partial charge in [-0.1, -0.05) is 15.9 Å². The quantitative estimate of drug-likeness (QED) is 0.790. The number of nitrogens with zero attached hydrogens (tertiary/aromatic N) is 1. The predicted molar refractivity (Wildman–Crippen MR) is 92.5 cm³/mol. The number of nitrogens with two attached hydrogens (primary N) is 1. The summed E-state index contributed by atoms with van der Waals surface area (Å²) in [5, 5.41) is 0.